The van der Waals surface area contributed by atoms with E-state index in [4.69, 9.17) is 4.74 Å². The summed E-state index contributed by atoms with van der Waals surface area (Å²) in [6.45, 7) is 0.507. The highest BCUT2D eigenvalue weighted by Crippen LogP contribution is 2.27. The molecule has 0 saturated carbocycles. The van der Waals surface area contributed by atoms with Crippen molar-refractivity contribution < 1.29 is 18.7 Å². The Balaban J connectivity index is 1.50. The van der Waals surface area contributed by atoms with Crippen LogP contribution in [0.3, 0.4) is 0 Å². The van der Waals surface area contributed by atoms with Crippen LogP contribution in [0, 0.1) is 5.82 Å². The zero-order chi connectivity index (χ0) is 19.7. The van der Waals surface area contributed by atoms with Gasteiger partial charge in [0.05, 0.1) is 23.9 Å². The molecular formula is C20H18FN3O3S. The summed E-state index contributed by atoms with van der Waals surface area (Å²) in [6, 6.07) is 11.6. The number of nitrogens with one attached hydrogen (secondary N) is 1. The Labute approximate surface area is 164 Å². The number of ether oxygens (including phenoxy) is 1. The second kappa shape index (κ2) is 7.65. The third-order valence-corrected chi connectivity index (χ3v) is 5.70. The van der Waals surface area contributed by atoms with Crippen molar-refractivity contribution in [3.63, 3.8) is 0 Å². The summed E-state index contributed by atoms with van der Waals surface area (Å²) in [5.74, 6) is -0.993. The summed E-state index contributed by atoms with van der Waals surface area (Å²) in [6.07, 6.45) is 0.497. The molecule has 1 aromatic heterocycles. The molecule has 1 unspecified atom stereocenters. The van der Waals surface area contributed by atoms with Crippen LogP contribution < -0.4 is 5.32 Å². The average Bonchev–Trinajstić information content (AvgIpc) is 3.07. The number of carbonyl (C=O) groups excluding carboxylic acids is 2. The minimum absolute atomic E-state index is 0.0262. The Morgan fingerprint density at radius 3 is 2.86 bits per heavy atom. The van der Waals surface area contributed by atoms with Gasteiger partial charge in [0.15, 0.2) is 5.13 Å². The quantitative estimate of drug-likeness (QED) is 0.683. The van der Waals surface area contributed by atoms with E-state index in [1.807, 2.05) is 24.3 Å². The first-order valence-electron chi connectivity index (χ1n) is 8.78. The highest BCUT2D eigenvalue weighted by Gasteiger charge is 2.33. The largest absolute Gasteiger partial charge is 0.468 e. The molecule has 0 saturated heterocycles. The third-order valence-electron chi connectivity index (χ3n) is 4.76. The molecule has 2 heterocycles. The topological polar surface area (TPSA) is 71.5 Å². The third kappa shape index (κ3) is 3.74. The number of amides is 1. The number of halogens is 1. The van der Waals surface area contributed by atoms with Gasteiger partial charge in [-0.1, -0.05) is 35.6 Å². The summed E-state index contributed by atoms with van der Waals surface area (Å²) in [5, 5.41) is 3.15. The Bertz CT molecular complexity index is 1050. The van der Waals surface area contributed by atoms with E-state index in [0.29, 0.717) is 28.3 Å². The first-order valence-corrected chi connectivity index (χ1v) is 9.60. The Morgan fingerprint density at radius 2 is 2.07 bits per heavy atom. The fraction of sp³-hybridized carbons (Fsp3) is 0.250. The van der Waals surface area contributed by atoms with Crippen LogP contribution in [0.1, 0.15) is 11.1 Å². The number of anilines is 1. The van der Waals surface area contributed by atoms with Crippen molar-refractivity contribution in [1.82, 2.24) is 9.88 Å². The number of fused-ring (bicyclic) bond motifs is 2. The van der Waals surface area contributed by atoms with E-state index in [1.165, 1.54) is 30.6 Å². The number of benzene rings is 2. The van der Waals surface area contributed by atoms with Gasteiger partial charge in [0, 0.05) is 6.54 Å². The molecular weight excluding hydrogens is 381 g/mol. The minimum Gasteiger partial charge on any atom is -0.468 e. The van der Waals surface area contributed by atoms with Gasteiger partial charge in [-0.25, -0.2) is 9.37 Å². The van der Waals surface area contributed by atoms with Crippen molar-refractivity contribution >= 4 is 38.6 Å². The van der Waals surface area contributed by atoms with Gasteiger partial charge < -0.3 is 10.1 Å². The van der Waals surface area contributed by atoms with Crippen LogP contribution in [0.25, 0.3) is 10.2 Å². The number of methoxy groups -OCH3 is 1. The molecule has 1 aliphatic rings. The lowest BCUT2D eigenvalue weighted by atomic mass is 9.94. The molecule has 1 amide bonds. The van der Waals surface area contributed by atoms with Gasteiger partial charge in [-0.3, -0.25) is 14.5 Å². The number of thiazole rings is 1. The highest BCUT2D eigenvalue weighted by atomic mass is 32.1. The normalized spacial score (nSPS) is 16.6. The summed E-state index contributed by atoms with van der Waals surface area (Å²) in [4.78, 5) is 30.9. The summed E-state index contributed by atoms with van der Waals surface area (Å²) >= 11 is 1.21. The molecule has 28 heavy (non-hydrogen) atoms. The van der Waals surface area contributed by atoms with Gasteiger partial charge in [0.25, 0.3) is 0 Å². The van der Waals surface area contributed by atoms with E-state index >= 15 is 0 Å². The molecule has 0 bridgehead atoms. The number of esters is 1. The number of carbonyl (C=O) groups is 2. The lowest BCUT2D eigenvalue weighted by Gasteiger charge is -2.34. The molecule has 0 radical (unpaired) electrons. The molecule has 6 nitrogen and oxygen atoms in total. The molecule has 0 aliphatic carbocycles. The second-order valence-electron chi connectivity index (χ2n) is 6.60. The molecule has 1 N–H and O–H groups in total. The van der Waals surface area contributed by atoms with Crippen LogP contribution in [-0.4, -0.2) is 41.5 Å². The molecule has 2 aromatic carbocycles. The molecule has 8 heteroatoms. The molecule has 144 valence electrons. The van der Waals surface area contributed by atoms with Crippen molar-refractivity contribution in [2.75, 3.05) is 19.0 Å². The van der Waals surface area contributed by atoms with Crippen molar-refractivity contribution in [1.29, 1.82) is 0 Å². The van der Waals surface area contributed by atoms with Crippen LogP contribution in [0.2, 0.25) is 0 Å². The van der Waals surface area contributed by atoms with Gasteiger partial charge in [-0.2, -0.15) is 0 Å². The average molecular weight is 399 g/mol. The lowest BCUT2D eigenvalue weighted by molar-refractivity contribution is -0.148. The van der Waals surface area contributed by atoms with E-state index in [-0.39, 0.29) is 24.2 Å². The fourth-order valence-corrected chi connectivity index (χ4v) is 4.31. The maximum Gasteiger partial charge on any atom is 0.323 e. The van der Waals surface area contributed by atoms with Crippen LogP contribution >= 0.6 is 11.3 Å². The van der Waals surface area contributed by atoms with Crippen molar-refractivity contribution in [3.8, 4) is 0 Å². The lowest BCUT2D eigenvalue weighted by Crippen LogP contribution is -2.49. The second-order valence-corrected chi connectivity index (χ2v) is 7.63. The van der Waals surface area contributed by atoms with E-state index in [0.717, 1.165) is 11.1 Å². The minimum atomic E-state index is -0.518. The van der Waals surface area contributed by atoms with Crippen LogP contribution in [0.4, 0.5) is 9.52 Å². The van der Waals surface area contributed by atoms with Gasteiger partial charge >= 0.3 is 5.97 Å². The number of nitrogens with zero attached hydrogens (tertiary/aromatic N) is 2. The standard InChI is InChI=1S/C20H18FN3O3S/c1-27-19(26)16-8-12-4-2-3-5-13(12)10-24(16)11-18(25)23-20-22-15-7-6-14(21)9-17(15)28-20/h2-7,9,16H,8,10-11H2,1H3,(H,22,23,25). The van der Waals surface area contributed by atoms with E-state index in [9.17, 15) is 14.0 Å². The number of hydrogen-bond acceptors (Lipinski definition) is 6. The van der Waals surface area contributed by atoms with Crippen molar-refractivity contribution in [2.45, 2.75) is 19.0 Å². The van der Waals surface area contributed by atoms with Crippen LogP contribution in [0.5, 0.6) is 0 Å². The molecule has 3 aromatic rings. The Morgan fingerprint density at radius 1 is 1.29 bits per heavy atom. The Kier molecular flexibility index (Phi) is 5.06. The predicted molar refractivity (Wildman–Crippen MR) is 105 cm³/mol. The Hall–Kier alpha value is -2.84. The van der Waals surface area contributed by atoms with Gasteiger partial charge in [0.2, 0.25) is 5.91 Å². The molecule has 4 rings (SSSR count). The summed E-state index contributed by atoms with van der Waals surface area (Å²) in [5.41, 5.74) is 2.80. The predicted octanol–water partition coefficient (Wildman–Crippen LogP) is 2.97. The maximum absolute atomic E-state index is 13.3. The van der Waals surface area contributed by atoms with E-state index < -0.39 is 6.04 Å². The van der Waals surface area contributed by atoms with Gasteiger partial charge in [-0.05, 0) is 35.7 Å². The number of hydrogen-bond donors (Lipinski definition) is 1. The van der Waals surface area contributed by atoms with E-state index in [1.54, 1.807) is 11.0 Å². The van der Waals surface area contributed by atoms with Crippen LogP contribution in [-0.2, 0) is 27.3 Å². The first kappa shape index (κ1) is 18.5. The maximum atomic E-state index is 13.3. The molecule has 1 aliphatic heterocycles. The molecule has 0 spiro atoms. The SMILES string of the molecule is COC(=O)C1Cc2ccccc2CN1CC(=O)Nc1nc2ccc(F)cc2s1. The zero-order valence-corrected chi connectivity index (χ0v) is 16.0. The van der Waals surface area contributed by atoms with Crippen molar-refractivity contribution in [2.24, 2.45) is 0 Å². The fourth-order valence-electron chi connectivity index (χ4n) is 3.41. The molecule has 0 fully saturated rings. The number of rotatable bonds is 4. The van der Waals surface area contributed by atoms with Gasteiger partial charge in [0.1, 0.15) is 11.9 Å². The van der Waals surface area contributed by atoms with Crippen molar-refractivity contribution in [3.05, 3.63) is 59.4 Å². The number of aromatic nitrogens is 1. The zero-order valence-electron chi connectivity index (χ0n) is 15.1. The van der Waals surface area contributed by atoms with Crippen LogP contribution in [0.15, 0.2) is 42.5 Å². The first-order chi connectivity index (χ1) is 13.5. The van der Waals surface area contributed by atoms with Gasteiger partial charge in [-0.15, -0.1) is 0 Å². The summed E-state index contributed by atoms with van der Waals surface area (Å²) < 4.78 is 18.9. The van der Waals surface area contributed by atoms with E-state index in [2.05, 4.69) is 10.3 Å². The monoisotopic (exact) mass is 399 g/mol. The summed E-state index contributed by atoms with van der Waals surface area (Å²) in [7, 11) is 1.35. The molecule has 1 atom stereocenters. The smallest absolute Gasteiger partial charge is 0.323 e. The highest BCUT2D eigenvalue weighted by molar-refractivity contribution is 7.22.